The molecule has 108 valence electrons. The molecule has 0 spiro atoms. The molecule has 0 aromatic carbocycles. The molecule has 1 aliphatic heterocycles. The SMILES string of the molecule is CCN(CC)CCCN=C(N)N1CCSCC1.I. The molecule has 1 aliphatic rings. The first kappa shape index (κ1) is 18.3. The van der Waals surface area contributed by atoms with Gasteiger partial charge in [-0.25, -0.2) is 0 Å². The summed E-state index contributed by atoms with van der Waals surface area (Å²) in [7, 11) is 0. The summed E-state index contributed by atoms with van der Waals surface area (Å²) >= 11 is 2.00. The predicted molar refractivity (Wildman–Crippen MR) is 93.2 cm³/mol. The van der Waals surface area contributed by atoms with Crippen molar-refractivity contribution < 1.29 is 0 Å². The summed E-state index contributed by atoms with van der Waals surface area (Å²) in [6.07, 6.45) is 1.10. The lowest BCUT2D eigenvalue weighted by molar-refractivity contribution is 0.301. The molecule has 2 N–H and O–H groups in total. The first-order chi connectivity index (χ1) is 8.27. The first-order valence-corrected chi connectivity index (χ1v) is 7.78. The van der Waals surface area contributed by atoms with Gasteiger partial charge in [0, 0.05) is 31.1 Å². The molecule has 0 saturated carbocycles. The van der Waals surface area contributed by atoms with Gasteiger partial charge in [-0.1, -0.05) is 13.8 Å². The molecular formula is C12H27IN4S. The molecule has 18 heavy (non-hydrogen) atoms. The van der Waals surface area contributed by atoms with Gasteiger partial charge in [-0.05, 0) is 26.1 Å². The van der Waals surface area contributed by atoms with Gasteiger partial charge in [0.25, 0.3) is 0 Å². The van der Waals surface area contributed by atoms with Crippen molar-refractivity contribution in [2.75, 3.05) is 50.8 Å². The molecule has 1 saturated heterocycles. The number of nitrogens with zero attached hydrogens (tertiary/aromatic N) is 3. The summed E-state index contributed by atoms with van der Waals surface area (Å²) in [6, 6.07) is 0. The maximum atomic E-state index is 5.98. The van der Waals surface area contributed by atoms with Gasteiger partial charge in [0.05, 0.1) is 0 Å². The Kier molecular flexibility index (Phi) is 11.4. The summed E-state index contributed by atoms with van der Waals surface area (Å²) in [5.74, 6) is 3.09. The lowest BCUT2D eigenvalue weighted by atomic mass is 10.4. The third-order valence-electron chi connectivity index (χ3n) is 3.14. The van der Waals surface area contributed by atoms with Crippen LogP contribution in [-0.4, -0.2) is 66.5 Å². The predicted octanol–water partition coefficient (Wildman–Crippen LogP) is 1.70. The van der Waals surface area contributed by atoms with Gasteiger partial charge < -0.3 is 15.5 Å². The van der Waals surface area contributed by atoms with E-state index in [0.29, 0.717) is 0 Å². The normalized spacial score (nSPS) is 16.8. The fraction of sp³-hybridized carbons (Fsp3) is 0.917. The number of aliphatic imine (C=N–C) groups is 1. The molecule has 0 aromatic rings. The Morgan fingerprint density at radius 3 is 2.44 bits per heavy atom. The minimum Gasteiger partial charge on any atom is -0.370 e. The molecule has 4 nitrogen and oxygen atoms in total. The van der Waals surface area contributed by atoms with Crippen molar-refractivity contribution in [1.29, 1.82) is 0 Å². The van der Waals surface area contributed by atoms with E-state index in [1.807, 2.05) is 11.8 Å². The van der Waals surface area contributed by atoms with Gasteiger partial charge in [0.2, 0.25) is 0 Å². The van der Waals surface area contributed by atoms with Gasteiger partial charge in [-0.15, -0.1) is 24.0 Å². The molecule has 1 heterocycles. The zero-order valence-corrected chi connectivity index (χ0v) is 14.7. The van der Waals surface area contributed by atoms with E-state index in [2.05, 4.69) is 28.6 Å². The van der Waals surface area contributed by atoms with Crippen LogP contribution in [0.4, 0.5) is 0 Å². The number of guanidine groups is 1. The molecule has 0 atom stereocenters. The third-order valence-corrected chi connectivity index (χ3v) is 4.08. The van der Waals surface area contributed by atoms with E-state index in [0.717, 1.165) is 51.6 Å². The second-order valence-electron chi connectivity index (χ2n) is 4.22. The fourth-order valence-corrected chi connectivity index (χ4v) is 2.82. The van der Waals surface area contributed by atoms with Crippen LogP contribution in [0.5, 0.6) is 0 Å². The lowest BCUT2D eigenvalue weighted by Crippen LogP contribution is -2.42. The summed E-state index contributed by atoms with van der Waals surface area (Å²) in [5, 5.41) is 0. The third kappa shape index (κ3) is 7.04. The standard InChI is InChI=1S/C12H26N4S.HI/c1-3-15(4-2)7-5-6-14-12(13)16-8-10-17-11-9-16;/h3-11H2,1-2H3,(H2,13,14);1H. The van der Waals surface area contributed by atoms with E-state index >= 15 is 0 Å². The molecule has 0 amide bonds. The average molecular weight is 386 g/mol. The van der Waals surface area contributed by atoms with Crippen LogP contribution in [0, 0.1) is 0 Å². The molecule has 0 aromatic heterocycles. The van der Waals surface area contributed by atoms with Crippen molar-refractivity contribution in [1.82, 2.24) is 9.80 Å². The molecule has 0 bridgehead atoms. The van der Waals surface area contributed by atoms with Gasteiger partial charge in [0.1, 0.15) is 0 Å². The summed E-state index contributed by atoms with van der Waals surface area (Å²) in [6.45, 7) is 10.7. The Morgan fingerprint density at radius 2 is 1.89 bits per heavy atom. The molecule has 0 aliphatic carbocycles. The molecule has 0 unspecified atom stereocenters. The van der Waals surface area contributed by atoms with E-state index in [1.54, 1.807) is 0 Å². The Morgan fingerprint density at radius 1 is 1.28 bits per heavy atom. The van der Waals surface area contributed by atoms with Gasteiger partial charge >= 0.3 is 0 Å². The van der Waals surface area contributed by atoms with Crippen LogP contribution in [0.3, 0.4) is 0 Å². The van der Waals surface area contributed by atoms with Crippen molar-refractivity contribution in [3.05, 3.63) is 0 Å². The van der Waals surface area contributed by atoms with Crippen LogP contribution >= 0.6 is 35.7 Å². The lowest BCUT2D eigenvalue weighted by Gasteiger charge is -2.27. The van der Waals surface area contributed by atoms with Gasteiger partial charge in [-0.3, -0.25) is 4.99 Å². The maximum Gasteiger partial charge on any atom is 0.191 e. The van der Waals surface area contributed by atoms with Crippen molar-refractivity contribution in [3.8, 4) is 0 Å². The highest BCUT2D eigenvalue weighted by atomic mass is 127. The number of thioether (sulfide) groups is 1. The number of hydrogen-bond acceptors (Lipinski definition) is 3. The van der Waals surface area contributed by atoms with Crippen molar-refractivity contribution in [2.24, 2.45) is 10.7 Å². The molecular weight excluding hydrogens is 359 g/mol. The molecule has 0 radical (unpaired) electrons. The minimum atomic E-state index is 0. The topological polar surface area (TPSA) is 44.9 Å². The Hall–Kier alpha value is 0.310. The Bertz CT molecular complexity index is 228. The smallest absolute Gasteiger partial charge is 0.191 e. The van der Waals surface area contributed by atoms with Crippen LogP contribution in [0.25, 0.3) is 0 Å². The number of nitrogens with two attached hydrogens (primary N) is 1. The van der Waals surface area contributed by atoms with E-state index in [1.165, 1.54) is 11.5 Å². The second-order valence-corrected chi connectivity index (χ2v) is 5.44. The Balaban J connectivity index is 0.00000289. The average Bonchev–Trinajstić information content (AvgIpc) is 2.40. The molecule has 6 heteroatoms. The highest BCUT2D eigenvalue weighted by molar-refractivity contribution is 14.0. The van der Waals surface area contributed by atoms with E-state index in [4.69, 9.17) is 5.73 Å². The van der Waals surface area contributed by atoms with Crippen LogP contribution in [-0.2, 0) is 0 Å². The fourth-order valence-electron chi connectivity index (χ4n) is 1.92. The van der Waals surface area contributed by atoms with E-state index < -0.39 is 0 Å². The summed E-state index contributed by atoms with van der Waals surface area (Å²) < 4.78 is 0. The van der Waals surface area contributed by atoms with Crippen molar-refractivity contribution >= 4 is 41.7 Å². The highest BCUT2D eigenvalue weighted by Gasteiger charge is 2.11. The van der Waals surface area contributed by atoms with E-state index in [-0.39, 0.29) is 24.0 Å². The minimum absolute atomic E-state index is 0. The Labute approximate surface area is 133 Å². The quantitative estimate of drug-likeness (QED) is 0.327. The molecule has 1 fully saturated rings. The summed E-state index contributed by atoms with van der Waals surface area (Å²) in [5.41, 5.74) is 5.98. The molecule has 1 rings (SSSR count). The van der Waals surface area contributed by atoms with Crippen LogP contribution in [0.2, 0.25) is 0 Å². The van der Waals surface area contributed by atoms with Crippen LogP contribution < -0.4 is 5.73 Å². The van der Waals surface area contributed by atoms with Crippen LogP contribution in [0.15, 0.2) is 4.99 Å². The second kappa shape index (κ2) is 11.2. The highest BCUT2D eigenvalue weighted by Crippen LogP contribution is 2.08. The number of hydrogen-bond donors (Lipinski definition) is 1. The van der Waals surface area contributed by atoms with Crippen molar-refractivity contribution in [2.45, 2.75) is 20.3 Å². The zero-order valence-electron chi connectivity index (χ0n) is 11.6. The first-order valence-electron chi connectivity index (χ1n) is 6.62. The maximum absolute atomic E-state index is 5.98. The monoisotopic (exact) mass is 386 g/mol. The van der Waals surface area contributed by atoms with Gasteiger partial charge in [0.15, 0.2) is 5.96 Å². The van der Waals surface area contributed by atoms with Gasteiger partial charge in [-0.2, -0.15) is 11.8 Å². The van der Waals surface area contributed by atoms with Crippen molar-refractivity contribution in [3.63, 3.8) is 0 Å². The van der Waals surface area contributed by atoms with E-state index in [9.17, 15) is 0 Å². The van der Waals surface area contributed by atoms with Crippen LogP contribution in [0.1, 0.15) is 20.3 Å². The zero-order chi connectivity index (χ0) is 12.5. The summed E-state index contributed by atoms with van der Waals surface area (Å²) in [4.78, 5) is 9.09. The number of rotatable bonds is 6. The largest absolute Gasteiger partial charge is 0.370 e. The number of halogens is 1.